The van der Waals surface area contributed by atoms with Gasteiger partial charge in [0.25, 0.3) is 0 Å². The average Bonchev–Trinajstić information content (AvgIpc) is 2.56. The van der Waals surface area contributed by atoms with Gasteiger partial charge in [-0.1, -0.05) is 13.8 Å². The molecule has 0 aromatic heterocycles. The molecule has 9 atom stereocenters. The highest BCUT2D eigenvalue weighted by Crippen LogP contribution is 2.74. The molecule has 5 aliphatic rings. The van der Waals surface area contributed by atoms with Crippen molar-refractivity contribution in [2.75, 3.05) is 6.61 Å². The Morgan fingerprint density at radius 3 is 2.36 bits per heavy atom. The number of aliphatic hydroxyl groups is 5. The van der Waals surface area contributed by atoms with Crippen LogP contribution in [0.25, 0.3) is 0 Å². The summed E-state index contributed by atoms with van der Waals surface area (Å²) >= 11 is 0. The third-order valence-electron chi connectivity index (χ3n) is 7.49. The van der Waals surface area contributed by atoms with E-state index < -0.39 is 46.3 Å². The maximum absolute atomic E-state index is 11.6. The Morgan fingerprint density at radius 2 is 1.73 bits per heavy atom. The predicted molar refractivity (Wildman–Crippen MR) is 72.3 cm³/mol. The monoisotopic (exact) mass is 316 g/mol. The molecule has 7 nitrogen and oxygen atoms in total. The van der Waals surface area contributed by atoms with Gasteiger partial charge in [0.05, 0.1) is 18.1 Å². The van der Waals surface area contributed by atoms with Gasteiger partial charge in [-0.25, -0.2) is 0 Å². The van der Waals surface area contributed by atoms with Crippen molar-refractivity contribution in [2.24, 2.45) is 16.7 Å². The minimum Gasteiger partial charge on any atom is -0.390 e. The van der Waals surface area contributed by atoms with Gasteiger partial charge in [-0.2, -0.15) is 0 Å². The van der Waals surface area contributed by atoms with E-state index in [0.717, 1.165) is 0 Å². The van der Waals surface area contributed by atoms with E-state index >= 15 is 0 Å². The number of hydrogen-bond donors (Lipinski definition) is 5. The Kier molecular flexibility index (Phi) is 2.56. The van der Waals surface area contributed by atoms with Gasteiger partial charge >= 0.3 is 0 Å². The van der Waals surface area contributed by atoms with Crippen LogP contribution in [0.5, 0.6) is 0 Å². The molecule has 2 saturated carbocycles. The molecule has 3 aliphatic heterocycles. The number of hydrogen-bond acceptors (Lipinski definition) is 7. The highest BCUT2D eigenvalue weighted by atomic mass is 16.8. The first-order chi connectivity index (χ1) is 9.98. The number of fused-ring (bicyclic) bond motifs is 1. The van der Waals surface area contributed by atoms with Crippen LogP contribution in [0.15, 0.2) is 0 Å². The van der Waals surface area contributed by atoms with Crippen LogP contribution in [0.2, 0.25) is 0 Å². The molecule has 5 rings (SSSR count). The van der Waals surface area contributed by atoms with Gasteiger partial charge in [0.15, 0.2) is 12.1 Å². The second kappa shape index (κ2) is 3.69. The van der Waals surface area contributed by atoms with Crippen molar-refractivity contribution < 1.29 is 35.0 Å². The van der Waals surface area contributed by atoms with E-state index in [1.807, 2.05) is 6.92 Å². The highest BCUT2D eigenvalue weighted by Gasteiger charge is 2.87. The minimum atomic E-state index is -1.95. The van der Waals surface area contributed by atoms with Crippen LogP contribution in [0, 0.1) is 16.7 Å². The molecule has 0 aromatic rings. The first kappa shape index (κ1) is 15.3. The quantitative estimate of drug-likeness (QED) is 0.377. The van der Waals surface area contributed by atoms with Crippen LogP contribution in [-0.2, 0) is 9.47 Å². The van der Waals surface area contributed by atoms with Crippen LogP contribution < -0.4 is 0 Å². The first-order valence-corrected chi connectivity index (χ1v) is 7.81. The van der Waals surface area contributed by atoms with E-state index in [9.17, 15) is 25.5 Å². The molecule has 0 unspecified atom stereocenters. The summed E-state index contributed by atoms with van der Waals surface area (Å²) in [6.07, 6.45) is -3.34. The van der Waals surface area contributed by atoms with E-state index in [1.165, 1.54) is 6.92 Å². The molecule has 0 radical (unpaired) electrons. The Bertz CT molecular complexity index is 530. The molecule has 0 amide bonds. The standard InChI is InChI=1S/C15H24O7/c1-7-4-8(16)15(20)11(2)6-21-10-9(17)13(7,15)5-14(19,22-10)12(11,3)18/h7-10,16-20H,4-6H2,1-3H3/t7-,8-,9+,10-,11-,12-,13+,14-,15+/m1/s1. The molecule has 2 aliphatic carbocycles. The van der Waals surface area contributed by atoms with E-state index in [2.05, 4.69) is 0 Å². The van der Waals surface area contributed by atoms with Crippen LogP contribution in [0.3, 0.4) is 0 Å². The maximum Gasteiger partial charge on any atom is 0.199 e. The smallest absolute Gasteiger partial charge is 0.199 e. The molecule has 22 heavy (non-hydrogen) atoms. The third kappa shape index (κ3) is 1.12. The molecular weight excluding hydrogens is 292 g/mol. The highest BCUT2D eigenvalue weighted by molar-refractivity contribution is 5.33. The normalized spacial score (nSPS) is 69.8. The maximum atomic E-state index is 11.6. The first-order valence-electron chi connectivity index (χ1n) is 7.81. The van der Waals surface area contributed by atoms with Gasteiger partial charge < -0.3 is 35.0 Å². The molecule has 7 heteroatoms. The summed E-state index contributed by atoms with van der Waals surface area (Å²) in [6, 6.07) is 0. The molecule has 3 saturated heterocycles. The summed E-state index contributed by atoms with van der Waals surface area (Å²) in [5, 5.41) is 55.1. The van der Waals surface area contributed by atoms with Crippen molar-refractivity contribution in [3.8, 4) is 0 Å². The predicted octanol–water partition coefficient (Wildman–Crippen LogP) is -1.30. The summed E-state index contributed by atoms with van der Waals surface area (Å²) in [5.74, 6) is -2.22. The SMILES string of the molecule is C[C@@H]1C[C@@H](O)[C@@]2(O)[C@@]13C[C@@]1(O)O[C@@H](OC[C@]2(C)[C@@]1(C)O)[C@@H]3O. The van der Waals surface area contributed by atoms with Crippen molar-refractivity contribution >= 4 is 0 Å². The van der Waals surface area contributed by atoms with Gasteiger partial charge in [-0.3, -0.25) is 0 Å². The number of aliphatic hydroxyl groups excluding tert-OH is 2. The lowest BCUT2D eigenvalue weighted by Gasteiger charge is -2.69. The minimum absolute atomic E-state index is 0.133. The molecular formula is C15H24O7. The number of rotatable bonds is 0. The van der Waals surface area contributed by atoms with Gasteiger partial charge in [0, 0.05) is 11.8 Å². The van der Waals surface area contributed by atoms with E-state index in [0.29, 0.717) is 0 Å². The zero-order chi connectivity index (χ0) is 16.3. The van der Waals surface area contributed by atoms with Gasteiger partial charge in [-0.05, 0) is 19.3 Å². The Labute approximate surface area is 128 Å². The molecule has 4 bridgehead atoms. The summed E-state index contributed by atoms with van der Waals surface area (Å²) in [7, 11) is 0. The van der Waals surface area contributed by atoms with Crippen molar-refractivity contribution in [1.82, 2.24) is 0 Å². The molecule has 5 fully saturated rings. The third-order valence-corrected chi connectivity index (χ3v) is 7.49. The van der Waals surface area contributed by atoms with Crippen LogP contribution in [0.1, 0.15) is 33.6 Å². The fraction of sp³-hybridized carbons (Fsp3) is 1.00. The second-order valence-electron chi connectivity index (χ2n) is 8.07. The van der Waals surface area contributed by atoms with Crippen LogP contribution in [-0.4, -0.2) is 67.6 Å². The van der Waals surface area contributed by atoms with Crippen molar-refractivity contribution in [3.63, 3.8) is 0 Å². The summed E-state index contributed by atoms with van der Waals surface area (Å²) in [6.45, 7) is 4.68. The van der Waals surface area contributed by atoms with Crippen molar-refractivity contribution in [1.29, 1.82) is 0 Å². The zero-order valence-electron chi connectivity index (χ0n) is 13.0. The van der Waals surface area contributed by atoms with Gasteiger partial charge in [-0.15, -0.1) is 0 Å². The summed E-state index contributed by atoms with van der Waals surface area (Å²) < 4.78 is 11.1. The topological polar surface area (TPSA) is 120 Å². The summed E-state index contributed by atoms with van der Waals surface area (Å²) in [5.41, 5.74) is -6.23. The number of ether oxygens (including phenoxy) is 2. The fourth-order valence-corrected chi connectivity index (χ4v) is 5.86. The lowest BCUT2D eigenvalue weighted by atomic mass is 9.43. The molecule has 0 aromatic carbocycles. The Hall–Kier alpha value is -0.280. The average molecular weight is 316 g/mol. The van der Waals surface area contributed by atoms with E-state index in [4.69, 9.17) is 9.47 Å². The molecule has 3 heterocycles. The van der Waals surface area contributed by atoms with Crippen LogP contribution >= 0.6 is 0 Å². The van der Waals surface area contributed by atoms with Gasteiger partial charge in [0.2, 0.25) is 0 Å². The fourth-order valence-electron chi connectivity index (χ4n) is 5.86. The Morgan fingerprint density at radius 1 is 1.09 bits per heavy atom. The summed E-state index contributed by atoms with van der Waals surface area (Å²) in [4.78, 5) is 0. The Balaban J connectivity index is 2.08. The zero-order valence-corrected chi connectivity index (χ0v) is 13.0. The largest absolute Gasteiger partial charge is 0.390 e. The lowest BCUT2D eigenvalue weighted by Crippen LogP contribution is -2.84. The van der Waals surface area contributed by atoms with Crippen molar-refractivity contribution in [2.45, 2.75) is 69.1 Å². The van der Waals surface area contributed by atoms with Crippen LogP contribution in [0.4, 0.5) is 0 Å². The molecule has 5 N–H and O–H groups in total. The van der Waals surface area contributed by atoms with Gasteiger partial charge in [0.1, 0.15) is 17.3 Å². The van der Waals surface area contributed by atoms with E-state index in [1.54, 1.807) is 6.92 Å². The molecule has 126 valence electrons. The lowest BCUT2D eigenvalue weighted by molar-refractivity contribution is -0.452. The molecule has 1 spiro atoms. The second-order valence-corrected chi connectivity index (χ2v) is 8.07. The van der Waals surface area contributed by atoms with E-state index in [-0.39, 0.29) is 25.4 Å². The van der Waals surface area contributed by atoms with Crippen molar-refractivity contribution in [3.05, 3.63) is 0 Å².